The van der Waals surface area contributed by atoms with E-state index in [1.807, 2.05) is 19.1 Å². The molecule has 5 fully saturated rings. The minimum absolute atomic E-state index is 0.00491. The third kappa shape index (κ3) is 5.20. The van der Waals surface area contributed by atoms with Gasteiger partial charge in [0.15, 0.2) is 11.5 Å². The van der Waals surface area contributed by atoms with Crippen molar-refractivity contribution in [2.75, 3.05) is 13.1 Å². The molecule has 3 saturated heterocycles. The summed E-state index contributed by atoms with van der Waals surface area (Å²) >= 11 is 13.0. The van der Waals surface area contributed by atoms with Crippen LogP contribution < -0.4 is 5.32 Å². The molecule has 3 aromatic heterocycles. The number of hydrogen-bond donors (Lipinski definition) is 1. The molecular formula is C37H32Cl2F4N8O. The highest BCUT2D eigenvalue weighted by Crippen LogP contribution is 2.52. The van der Waals surface area contributed by atoms with Crippen molar-refractivity contribution in [2.24, 2.45) is 11.8 Å². The van der Waals surface area contributed by atoms with Crippen molar-refractivity contribution < 1.29 is 22.4 Å². The zero-order valence-electron chi connectivity index (χ0n) is 27.9. The number of carbonyl (C=O) groups is 1. The van der Waals surface area contributed by atoms with Crippen LogP contribution in [-0.2, 0) is 17.4 Å². The summed E-state index contributed by atoms with van der Waals surface area (Å²) in [5.74, 6) is -0.422. The number of likely N-dealkylation sites (tertiary alicyclic amines) is 1. The molecule has 2 aliphatic carbocycles. The van der Waals surface area contributed by atoms with Crippen LogP contribution in [0.4, 0.5) is 17.6 Å². The van der Waals surface area contributed by atoms with Crippen molar-refractivity contribution in [3.05, 3.63) is 75.0 Å². The number of nitrogens with one attached hydrogen (secondary N) is 1. The summed E-state index contributed by atoms with van der Waals surface area (Å²) in [7, 11) is 0. The third-order valence-corrected chi connectivity index (χ3v) is 12.3. The molecule has 2 saturated carbocycles. The fraction of sp³-hybridized carbons (Fsp3) is 0.432. The van der Waals surface area contributed by atoms with Crippen LogP contribution in [0.1, 0.15) is 72.9 Å². The smallest absolute Gasteiger partial charge is 0.337 e. The molecule has 0 unspecified atom stereocenters. The average Bonchev–Trinajstić information content (AvgIpc) is 3.61. The van der Waals surface area contributed by atoms with E-state index in [4.69, 9.17) is 28.2 Å². The maximum Gasteiger partial charge on any atom is 0.436 e. The Labute approximate surface area is 305 Å². The maximum absolute atomic E-state index is 17.1. The number of hydrogen-bond acceptors (Lipinski definition) is 6. The summed E-state index contributed by atoms with van der Waals surface area (Å²) in [6.45, 7) is 2.83. The molecule has 52 heavy (non-hydrogen) atoms. The lowest BCUT2D eigenvalue weighted by Gasteiger charge is -2.39. The molecule has 2 bridgehead atoms. The normalized spacial score (nSPS) is 24.2. The molecule has 5 aliphatic rings. The zero-order chi connectivity index (χ0) is 36.2. The highest BCUT2D eigenvalue weighted by Gasteiger charge is 2.51. The highest BCUT2D eigenvalue weighted by atomic mass is 35.5. The average molecular weight is 752 g/mol. The minimum atomic E-state index is -4.65. The van der Waals surface area contributed by atoms with Crippen molar-refractivity contribution in [3.8, 4) is 17.2 Å². The van der Waals surface area contributed by atoms with Crippen LogP contribution in [0.2, 0.25) is 10.0 Å². The molecular weight excluding hydrogens is 719 g/mol. The van der Waals surface area contributed by atoms with Crippen LogP contribution in [0, 0.1) is 35.9 Å². The van der Waals surface area contributed by atoms with Gasteiger partial charge >= 0.3 is 6.18 Å². The van der Waals surface area contributed by atoms with Gasteiger partial charge in [-0.05, 0) is 68.7 Å². The van der Waals surface area contributed by atoms with Gasteiger partial charge in [0.2, 0.25) is 5.91 Å². The van der Waals surface area contributed by atoms with E-state index in [1.54, 1.807) is 23.1 Å². The van der Waals surface area contributed by atoms with Gasteiger partial charge in [0, 0.05) is 64.8 Å². The van der Waals surface area contributed by atoms with Gasteiger partial charge in [-0.1, -0.05) is 40.5 Å². The van der Waals surface area contributed by atoms with Crippen LogP contribution in [0.15, 0.2) is 36.5 Å². The number of amides is 1. The molecule has 5 atom stereocenters. The van der Waals surface area contributed by atoms with Crippen LogP contribution >= 0.6 is 23.2 Å². The SMILES string of the molecule is Cc1nc2c(F)c(-c3cccc(Cl)c3Cl)c(CCC#N)cc2c2c1cc([C@H]1C[C@H](n3cc(C(F)(F)F)nn3)CN1C(=O)C1CC1)n2[C@H]1[C@H]2CN[C@@H]1C2. The zero-order valence-corrected chi connectivity index (χ0v) is 29.4. The fourth-order valence-electron chi connectivity index (χ4n) is 8.78. The van der Waals surface area contributed by atoms with Crippen molar-refractivity contribution >= 4 is 50.9 Å². The van der Waals surface area contributed by atoms with E-state index in [2.05, 4.69) is 26.3 Å². The number of rotatable bonds is 7. The number of nitrogens with zero attached hydrogens (tertiary/aromatic N) is 7. The van der Waals surface area contributed by atoms with Crippen LogP contribution in [0.25, 0.3) is 32.9 Å². The molecule has 15 heteroatoms. The molecule has 3 aliphatic heterocycles. The van der Waals surface area contributed by atoms with Gasteiger partial charge in [-0.2, -0.15) is 18.4 Å². The lowest BCUT2D eigenvalue weighted by Crippen LogP contribution is -2.41. The van der Waals surface area contributed by atoms with Gasteiger partial charge in [-0.15, -0.1) is 5.10 Å². The summed E-state index contributed by atoms with van der Waals surface area (Å²) in [5, 5.41) is 22.3. The Morgan fingerprint density at radius 1 is 1.15 bits per heavy atom. The van der Waals surface area contributed by atoms with Gasteiger partial charge in [-0.25, -0.2) is 14.1 Å². The number of aryl methyl sites for hydroxylation is 2. The van der Waals surface area contributed by atoms with Gasteiger partial charge in [0.05, 0.1) is 46.0 Å². The van der Waals surface area contributed by atoms with Crippen molar-refractivity contribution in [1.82, 2.24) is 34.8 Å². The monoisotopic (exact) mass is 750 g/mol. The molecule has 0 spiro atoms. The van der Waals surface area contributed by atoms with E-state index in [0.717, 1.165) is 48.6 Å². The second-order valence-electron chi connectivity index (χ2n) is 14.5. The second-order valence-corrected chi connectivity index (χ2v) is 15.3. The Bertz CT molecular complexity index is 2330. The lowest BCUT2D eigenvalue weighted by atomic mass is 9.79. The molecule has 6 heterocycles. The summed E-state index contributed by atoms with van der Waals surface area (Å²) in [6, 6.07) is 10.3. The Kier molecular flexibility index (Phi) is 7.84. The topological polar surface area (TPSA) is 105 Å². The standard InChI is InChI=1S/C37H32Cl2F4N8O/c1-17-23-13-28(27-12-21(15-49(27)36(52)18-7-8-18)50-16-29(47-48-50)37(41,42)43)51(34-20-11-26(34)45-14-20)35(23)24-10-19(4-3-9-44)30(32(40)33(24)46-17)22-5-2-6-25(38)31(22)39/h2,5-6,10,13,16,18,20-21,26-27,34,45H,3-4,7-8,11-12,14-15H2,1H3/t20-,21+,26-,27-,34+/m1/s1. The Morgan fingerprint density at radius 3 is 2.63 bits per heavy atom. The van der Waals surface area contributed by atoms with Gasteiger partial charge in [0.25, 0.3) is 0 Å². The lowest BCUT2D eigenvalue weighted by molar-refractivity contribution is -0.141. The van der Waals surface area contributed by atoms with Crippen molar-refractivity contribution in [3.63, 3.8) is 0 Å². The minimum Gasteiger partial charge on any atom is -0.337 e. The van der Waals surface area contributed by atoms with Crippen molar-refractivity contribution in [1.29, 1.82) is 5.26 Å². The fourth-order valence-corrected chi connectivity index (χ4v) is 9.17. The van der Waals surface area contributed by atoms with Gasteiger partial charge in [-0.3, -0.25) is 4.79 Å². The van der Waals surface area contributed by atoms with Crippen molar-refractivity contribution in [2.45, 2.75) is 75.8 Å². The highest BCUT2D eigenvalue weighted by molar-refractivity contribution is 6.43. The largest absolute Gasteiger partial charge is 0.436 e. The summed E-state index contributed by atoms with van der Waals surface area (Å²) in [6.07, 6.45) is -0.496. The van der Waals surface area contributed by atoms with E-state index < -0.39 is 29.8 Å². The van der Waals surface area contributed by atoms with Crippen LogP contribution in [0.5, 0.6) is 0 Å². The predicted molar refractivity (Wildman–Crippen MR) is 186 cm³/mol. The first-order valence-electron chi connectivity index (χ1n) is 17.4. The van der Waals surface area contributed by atoms with E-state index >= 15 is 4.39 Å². The van der Waals surface area contributed by atoms with E-state index in [9.17, 15) is 23.2 Å². The number of aromatic nitrogens is 5. The molecule has 2 aromatic carbocycles. The molecule has 5 aromatic rings. The molecule has 1 amide bonds. The summed E-state index contributed by atoms with van der Waals surface area (Å²) in [4.78, 5) is 20.5. The number of pyridine rings is 1. The van der Waals surface area contributed by atoms with Gasteiger partial charge < -0.3 is 14.8 Å². The Morgan fingerprint density at radius 2 is 1.96 bits per heavy atom. The molecule has 1 N–H and O–H groups in total. The van der Waals surface area contributed by atoms with Gasteiger partial charge in [0.1, 0.15) is 5.52 Å². The number of benzene rings is 2. The molecule has 10 rings (SSSR count). The van der Waals surface area contributed by atoms with E-state index in [1.165, 1.54) is 4.68 Å². The third-order valence-electron chi connectivity index (χ3n) is 11.4. The summed E-state index contributed by atoms with van der Waals surface area (Å²) < 4.78 is 61.2. The second kappa shape index (κ2) is 12.1. The number of carbonyl (C=O) groups excluding carboxylic acids is 1. The van der Waals surface area contributed by atoms with E-state index in [-0.39, 0.29) is 64.4 Å². The van der Waals surface area contributed by atoms with E-state index in [0.29, 0.717) is 34.5 Å². The quantitative estimate of drug-likeness (QED) is 0.169. The Hall–Kier alpha value is -4.25. The number of halogens is 6. The predicted octanol–water partition coefficient (Wildman–Crippen LogP) is 8.13. The molecule has 0 radical (unpaired) electrons. The number of alkyl halides is 3. The number of nitriles is 1. The first kappa shape index (κ1) is 33.6. The maximum atomic E-state index is 17.1. The first-order valence-corrected chi connectivity index (χ1v) is 18.2. The number of fused-ring (bicyclic) bond motifs is 4. The first-order chi connectivity index (χ1) is 24.9. The van der Waals surface area contributed by atoms with Crippen LogP contribution in [-0.4, -0.2) is 54.5 Å². The van der Waals surface area contributed by atoms with Crippen LogP contribution in [0.3, 0.4) is 0 Å². The molecule has 9 nitrogen and oxygen atoms in total. The molecule has 268 valence electrons. The summed E-state index contributed by atoms with van der Waals surface area (Å²) in [5.41, 5.74) is 2.53. The Balaban J connectivity index is 1.27.